The Kier molecular flexibility index (Phi) is 7.51. The lowest BCUT2D eigenvalue weighted by Crippen LogP contribution is -2.37. The van der Waals surface area contributed by atoms with Gasteiger partial charge < -0.3 is 15.0 Å². The molecule has 0 heterocycles. The van der Waals surface area contributed by atoms with Crippen molar-refractivity contribution in [3.8, 4) is 0 Å². The van der Waals surface area contributed by atoms with E-state index in [0.29, 0.717) is 5.69 Å². The number of anilines is 1. The molecule has 0 aromatic heterocycles. The molecule has 2 aromatic rings. The van der Waals surface area contributed by atoms with Crippen molar-refractivity contribution in [1.29, 1.82) is 0 Å². The van der Waals surface area contributed by atoms with Gasteiger partial charge in [0.25, 0.3) is 5.91 Å². The highest BCUT2D eigenvalue weighted by Crippen LogP contribution is 2.08. The van der Waals surface area contributed by atoms with E-state index >= 15 is 0 Å². The minimum atomic E-state index is -0.619. The maximum atomic E-state index is 12.0. The van der Waals surface area contributed by atoms with E-state index in [0.717, 1.165) is 16.7 Å². The van der Waals surface area contributed by atoms with Gasteiger partial charge in [0.15, 0.2) is 6.61 Å². The molecule has 6 nitrogen and oxygen atoms in total. The topological polar surface area (TPSA) is 75.7 Å². The van der Waals surface area contributed by atoms with Crippen molar-refractivity contribution in [2.45, 2.75) is 13.8 Å². The molecular weight excluding hydrogens is 356 g/mol. The lowest BCUT2D eigenvalue weighted by atomic mass is 10.1. The second-order valence-electron chi connectivity index (χ2n) is 6.52. The number of benzene rings is 2. The summed E-state index contributed by atoms with van der Waals surface area (Å²) in [5.41, 5.74) is 3.73. The molecule has 0 atom stereocenters. The number of amides is 2. The van der Waals surface area contributed by atoms with Crippen LogP contribution in [0.4, 0.5) is 5.69 Å². The standard InChI is InChI=1S/C22H24N2O4/c1-16-4-8-18(9-5-16)10-13-22(27)28-15-21(26)24(3)14-20(25)23-19-11-6-17(2)7-12-19/h4-13H,14-15H2,1-3H3,(H,23,25)/b13-10+. The number of hydrogen-bond acceptors (Lipinski definition) is 4. The van der Waals surface area contributed by atoms with Gasteiger partial charge in [0.2, 0.25) is 5.91 Å². The van der Waals surface area contributed by atoms with Gasteiger partial charge in [-0.1, -0.05) is 47.5 Å². The molecule has 0 aliphatic carbocycles. The molecule has 2 rings (SSSR count). The molecule has 1 N–H and O–H groups in total. The predicted molar refractivity (Wildman–Crippen MR) is 109 cm³/mol. The van der Waals surface area contributed by atoms with Crippen LogP contribution in [0.1, 0.15) is 16.7 Å². The Bertz CT molecular complexity index is 855. The highest BCUT2D eigenvalue weighted by atomic mass is 16.5. The van der Waals surface area contributed by atoms with Crippen molar-refractivity contribution in [3.63, 3.8) is 0 Å². The predicted octanol–water partition coefficient (Wildman–Crippen LogP) is 2.96. The number of carbonyl (C=O) groups excluding carboxylic acids is 3. The molecule has 0 fully saturated rings. The smallest absolute Gasteiger partial charge is 0.331 e. The summed E-state index contributed by atoms with van der Waals surface area (Å²) in [4.78, 5) is 37.0. The van der Waals surface area contributed by atoms with Crippen LogP contribution >= 0.6 is 0 Å². The molecule has 6 heteroatoms. The third kappa shape index (κ3) is 7.07. The Hall–Kier alpha value is -3.41. The van der Waals surface area contributed by atoms with Crippen LogP contribution in [0, 0.1) is 13.8 Å². The van der Waals surface area contributed by atoms with Crippen molar-refractivity contribution in [1.82, 2.24) is 4.90 Å². The minimum absolute atomic E-state index is 0.135. The Morgan fingerprint density at radius 1 is 0.964 bits per heavy atom. The molecule has 0 unspecified atom stereocenters. The van der Waals surface area contributed by atoms with Crippen molar-refractivity contribution in [2.75, 3.05) is 25.5 Å². The van der Waals surface area contributed by atoms with Gasteiger partial charge in [-0.2, -0.15) is 0 Å². The molecule has 2 aromatic carbocycles. The van der Waals surface area contributed by atoms with Crippen LogP contribution in [0.15, 0.2) is 54.6 Å². The Morgan fingerprint density at radius 3 is 2.14 bits per heavy atom. The Morgan fingerprint density at radius 2 is 1.54 bits per heavy atom. The third-order valence-corrected chi connectivity index (χ3v) is 3.97. The number of hydrogen-bond donors (Lipinski definition) is 1. The summed E-state index contributed by atoms with van der Waals surface area (Å²) < 4.78 is 4.93. The van der Waals surface area contributed by atoms with Crippen molar-refractivity contribution in [2.24, 2.45) is 0 Å². The molecule has 146 valence electrons. The molecule has 0 saturated carbocycles. The zero-order valence-corrected chi connectivity index (χ0v) is 16.3. The number of carbonyl (C=O) groups is 3. The Labute approximate surface area is 164 Å². The second kappa shape index (κ2) is 10.1. The largest absolute Gasteiger partial charge is 0.452 e. The third-order valence-electron chi connectivity index (χ3n) is 3.97. The first-order chi connectivity index (χ1) is 13.3. The van der Waals surface area contributed by atoms with Crippen LogP contribution in [-0.2, 0) is 19.1 Å². The SMILES string of the molecule is Cc1ccc(/C=C/C(=O)OCC(=O)N(C)CC(=O)Nc2ccc(C)cc2)cc1. The van der Waals surface area contributed by atoms with Crippen LogP contribution in [0.3, 0.4) is 0 Å². The zero-order valence-electron chi connectivity index (χ0n) is 16.3. The first kappa shape index (κ1) is 20.9. The lowest BCUT2D eigenvalue weighted by molar-refractivity contribution is -0.148. The maximum absolute atomic E-state index is 12.0. The van der Waals surface area contributed by atoms with E-state index in [4.69, 9.17) is 4.74 Å². The summed E-state index contributed by atoms with van der Waals surface area (Å²) in [6, 6.07) is 15.0. The summed E-state index contributed by atoms with van der Waals surface area (Å²) in [7, 11) is 1.48. The molecule has 28 heavy (non-hydrogen) atoms. The molecule has 0 aliphatic heterocycles. The van der Waals surface area contributed by atoms with Gasteiger partial charge in [-0.3, -0.25) is 9.59 Å². The van der Waals surface area contributed by atoms with Gasteiger partial charge in [-0.05, 0) is 37.6 Å². The molecule has 0 aliphatic rings. The van der Waals surface area contributed by atoms with Crippen molar-refractivity contribution < 1.29 is 19.1 Å². The van der Waals surface area contributed by atoms with E-state index in [9.17, 15) is 14.4 Å². The summed E-state index contributed by atoms with van der Waals surface area (Å²) in [6.07, 6.45) is 2.88. The number of esters is 1. The maximum Gasteiger partial charge on any atom is 0.331 e. The van der Waals surface area contributed by atoms with Crippen LogP contribution < -0.4 is 5.32 Å². The van der Waals surface area contributed by atoms with Gasteiger partial charge in [0.1, 0.15) is 0 Å². The fourth-order valence-electron chi connectivity index (χ4n) is 2.27. The van der Waals surface area contributed by atoms with Gasteiger partial charge in [-0.25, -0.2) is 4.79 Å². The Balaban J connectivity index is 1.75. The minimum Gasteiger partial charge on any atom is -0.452 e. The van der Waals surface area contributed by atoms with Crippen LogP contribution in [0.2, 0.25) is 0 Å². The fraction of sp³-hybridized carbons (Fsp3) is 0.227. The van der Waals surface area contributed by atoms with E-state index in [1.54, 1.807) is 18.2 Å². The van der Waals surface area contributed by atoms with Gasteiger partial charge in [0, 0.05) is 18.8 Å². The summed E-state index contributed by atoms with van der Waals surface area (Å²) in [6.45, 7) is 3.37. The first-order valence-electron chi connectivity index (χ1n) is 8.85. The van der Waals surface area contributed by atoms with Crippen LogP contribution in [-0.4, -0.2) is 42.9 Å². The average Bonchev–Trinajstić information content (AvgIpc) is 2.67. The zero-order chi connectivity index (χ0) is 20.5. The van der Waals surface area contributed by atoms with E-state index in [1.807, 2.05) is 50.2 Å². The number of nitrogens with zero attached hydrogens (tertiary/aromatic N) is 1. The normalized spacial score (nSPS) is 10.5. The van der Waals surface area contributed by atoms with Crippen LogP contribution in [0.5, 0.6) is 0 Å². The number of rotatable bonds is 7. The molecule has 0 radical (unpaired) electrons. The van der Waals surface area contributed by atoms with Gasteiger partial charge >= 0.3 is 5.97 Å². The number of likely N-dealkylation sites (N-methyl/N-ethyl adjacent to an activating group) is 1. The molecule has 0 saturated heterocycles. The molecular formula is C22H24N2O4. The average molecular weight is 380 g/mol. The first-order valence-corrected chi connectivity index (χ1v) is 8.85. The van der Waals surface area contributed by atoms with E-state index in [-0.39, 0.29) is 12.5 Å². The monoisotopic (exact) mass is 380 g/mol. The fourth-order valence-corrected chi connectivity index (χ4v) is 2.27. The van der Waals surface area contributed by atoms with Crippen molar-refractivity contribution in [3.05, 3.63) is 71.3 Å². The molecule has 0 spiro atoms. The number of aryl methyl sites for hydroxylation is 2. The summed E-state index contributed by atoms with van der Waals surface area (Å²) in [5, 5.41) is 2.71. The summed E-state index contributed by atoms with van der Waals surface area (Å²) >= 11 is 0. The quantitative estimate of drug-likeness (QED) is 0.592. The van der Waals surface area contributed by atoms with Crippen LogP contribution in [0.25, 0.3) is 6.08 Å². The molecule has 0 bridgehead atoms. The number of ether oxygens (including phenoxy) is 1. The second-order valence-corrected chi connectivity index (χ2v) is 6.52. The van der Waals surface area contributed by atoms with Gasteiger partial charge in [-0.15, -0.1) is 0 Å². The lowest BCUT2D eigenvalue weighted by Gasteiger charge is -2.16. The van der Waals surface area contributed by atoms with E-state index < -0.39 is 18.5 Å². The highest BCUT2D eigenvalue weighted by Gasteiger charge is 2.14. The molecule has 2 amide bonds. The van der Waals surface area contributed by atoms with E-state index in [2.05, 4.69) is 5.32 Å². The number of nitrogens with one attached hydrogen (secondary N) is 1. The van der Waals surface area contributed by atoms with Gasteiger partial charge in [0.05, 0.1) is 6.54 Å². The highest BCUT2D eigenvalue weighted by molar-refractivity contribution is 5.95. The van der Waals surface area contributed by atoms with Crippen molar-refractivity contribution >= 4 is 29.5 Å². The summed E-state index contributed by atoms with van der Waals surface area (Å²) in [5.74, 6) is -1.41. The van der Waals surface area contributed by atoms with E-state index in [1.165, 1.54) is 18.0 Å².